The fraction of sp³-hybridized carbons (Fsp3) is 0.447. The Morgan fingerprint density at radius 1 is 0.923 bits per heavy atom. The Hall–Kier alpha value is -5.37. The van der Waals surface area contributed by atoms with Crippen LogP contribution in [0.4, 0.5) is 16.3 Å². The number of amides is 3. The van der Waals surface area contributed by atoms with Gasteiger partial charge in [0.05, 0.1) is 13.2 Å². The molecule has 0 radical (unpaired) electrons. The monoisotopic (exact) mass is 709 g/mol. The van der Waals surface area contributed by atoms with E-state index in [0.29, 0.717) is 50.5 Å². The Morgan fingerprint density at radius 3 is 2.25 bits per heavy atom. The van der Waals surface area contributed by atoms with E-state index in [9.17, 15) is 14.4 Å². The number of nitrogens with one attached hydrogen (secondary N) is 4. The van der Waals surface area contributed by atoms with Crippen LogP contribution in [-0.2, 0) is 25.5 Å². The summed E-state index contributed by atoms with van der Waals surface area (Å²) in [7, 11) is 0. The van der Waals surface area contributed by atoms with Gasteiger partial charge in [-0.2, -0.15) is 5.21 Å². The van der Waals surface area contributed by atoms with Crippen molar-refractivity contribution in [3.63, 3.8) is 0 Å². The number of alkyl carbamates (subject to hydrolysis) is 1. The van der Waals surface area contributed by atoms with E-state index < -0.39 is 17.7 Å². The van der Waals surface area contributed by atoms with Gasteiger partial charge >= 0.3 is 6.09 Å². The number of aromatic nitrogens is 5. The Kier molecular flexibility index (Phi) is 11.7. The molecule has 2 aromatic carbocycles. The molecular weight excluding hydrogens is 662 g/mol. The lowest BCUT2D eigenvalue weighted by Crippen LogP contribution is -2.48. The van der Waals surface area contributed by atoms with E-state index in [4.69, 9.17) is 9.47 Å². The minimum absolute atomic E-state index is 0.144. The summed E-state index contributed by atoms with van der Waals surface area (Å²) in [5.74, 6) is 0.958. The zero-order chi connectivity index (χ0) is 36.5. The van der Waals surface area contributed by atoms with Crippen LogP contribution in [0.5, 0.6) is 0 Å². The first kappa shape index (κ1) is 36.4. The van der Waals surface area contributed by atoms with Gasteiger partial charge < -0.3 is 30.3 Å². The van der Waals surface area contributed by atoms with Crippen LogP contribution in [0.15, 0.2) is 66.9 Å². The predicted molar refractivity (Wildman–Crippen MR) is 196 cm³/mol. The number of carbonyl (C=O) groups is 3. The summed E-state index contributed by atoms with van der Waals surface area (Å²) in [6, 6.07) is 18.4. The third-order valence-electron chi connectivity index (χ3n) is 9.35. The molecule has 6 rings (SSSR count). The van der Waals surface area contributed by atoms with Crippen LogP contribution in [0.25, 0.3) is 22.5 Å². The average Bonchev–Trinajstić information content (AvgIpc) is 3.70. The lowest BCUT2D eigenvalue weighted by molar-refractivity contribution is -0.130. The number of hydrogen-bond acceptors (Lipinski definition) is 10. The van der Waals surface area contributed by atoms with Crippen molar-refractivity contribution in [1.29, 1.82) is 0 Å². The molecule has 52 heavy (non-hydrogen) atoms. The lowest BCUT2D eigenvalue weighted by atomic mass is 9.81. The highest BCUT2D eigenvalue weighted by atomic mass is 16.6. The largest absolute Gasteiger partial charge is 0.444 e. The molecule has 1 aliphatic heterocycles. The fourth-order valence-corrected chi connectivity index (χ4v) is 6.49. The summed E-state index contributed by atoms with van der Waals surface area (Å²) in [6.07, 6.45) is 4.68. The highest BCUT2D eigenvalue weighted by Gasteiger charge is 2.30. The van der Waals surface area contributed by atoms with E-state index in [-0.39, 0.29) is 23.7 Å². The summed E-state index contributed by atoms with van der Waals surface area (Å²) in [6.45, 7) is 9.05. The van der Waals surface area contributed by atoms with E-state index in [2.05, 4.69) is 52.5 Å². The normalized spacial score (nSPS) is 18.2. The Morgan fingerprint density at radius 2 is 1.62 bits per heavy atom. The molecule has 1 saturated heterocycles. The van der Waals surface area contributed by atoms with Crippen molar-refractivity contribution in [3.05, 3.63) is 72.4 Å². The summed E-state index contributed by atoms with van der Waals surface area (Å²) in [5.41, 5.74) is 3.68. The number of hydrogen-bond donors (Lipinski definition) is 4. The van der Waals surface area contributed by atoms with E-state index in [0.717, 1.165) is 54.0 Å². The Balaban J connectivity index is 1.09. The van der Waals surface area contributed by atoms with Crippen LogP contribution in [0, 0.1) is 11.8 Å². The quantitative estimate of drug-likeness (QED) is 0.170. The molecule has 14 nitrogen and oxygen atoms in total. The maximum absolute atomic E-state index is 13.8. The fourth-order valence-electron chi connectivity index (χ4n) is 6.49. The molecule has 0 bridgehead atoms. The SMILES string of the molecule is CC(C)(C)OC(=O)NCC1CCC(C(=O)NC(Cc2ccc(-c3ccc(N4CCOCC4)nc3)cc2)C(=O)Nc2ccc(-c3nn[nH]n3)cc2)CC1. The first-order chi connectivity index (χ1) is 25.1. The molecule has 4 N–H and O–H groups in total. The minimum atomic E-state index is -0.809. The van der Waals surface area contributed by atoms with Crippen molar-refractivity contribution < 1.29 is 23.9 Å². The molecule has 3 heterocycles. The number of ether oxygens (including phenoxy) is 2. The van der Waals surface area contributed by atoms with Crippen molar-refractivity contribution in [2.45, 2.75) is 64.5 Å². The number of morpholine rings is 1. The molecule has 1 saturated carbocycles. The van der Waals surface area contributed by atoms with Gasteiger partial charge in [-0.1, -0.05) is 24.3 Å². The van der Waals surface area contributed by atoms with Gasteiger partial charge in [0.15, 0.2) is 0 Å². The summed E-state index contributed by atoms with van der Waals surface area (Å²) < 4.78 is 10.8. The molecule has 14 heteroatoms. The van der Waals surface area contributed by atoms with Crippen molar-refractivity contribution in [2.24, 2.45) is 11.8 Å². The van der Waals surface area contributed by atoms with Gasteiger partial charge in [-0.3, -0.25) is 9.59 Å². The van der Waals surface area contributed by atoms with E-state index >= 15 is 0 Å². The smallest absolute Gasteiger partial charge is 0.407 e. The van der Waals surface area contributed by atoms with Gasteiger partial charge in [-0.15, -0.1) is 10.2 Å². The number of aromatic amines is 1. The zero-order valence-electron chi connectivity index (χ0n) is 29.9. The van der Waals surface area contributed by atoms with Crippen molar-refractivity contribution in [2.75, 3.05) is 43.1 Å². The molecule has 274 valence electrons. The molecule has 3 amide bonds. The number of H-pyrrole nitrogens is 1. The van der Waals surface area contributed by atoms with Gasteiger partial charge in [-0.25, -0.2) is 9.78 Å². The molecule has 1 atom stereocenters. The topological polar surface area (TPSA) is 176 Å². The lowest BCUT2D eigenvalue weighted by Gasteiger charge is -2.29. The molecular formula is C38H47N9O5. The number of benzene rings is 2. The van der Waals surface area contributed by atoms with Gasteiger partial charge in [0.2, 0.25) is 17.6 Å². The van der Waals surface area contributed by atoms with Gasteiger partial charge in [0.25, 0.3) is 0 Å². The van der Waals surface area contributed by atoms with Crippen molar-refractivity contribution >= 4 is 29.4 Å². The molecule has 1 aliphatic carbocycles. The van der Waals surface area contributed by atoms with Crippen LogP contribution < -0.4 is 20.9 Å². The maximum atomic E-state index is 13.8. The van der Waals surface area contributed by atoms with Crippen LogP contribution >= 0.6 is 0 Å². The van der Waals surface area contributed by atoms with E-state index in [1.165, 1.54) is 0 Å². The summed E-state index contributed by atoms with van der Waals surface area (Å²) in [4.78, 5) is 46.4. The third kappa shape index (κ3) is 10.1. The molecule has 1 unspecified atom stereocenters. The average molecular weight is 710 g/mol. The predicted octanol–water partition coefficient (Wildman–Crippen LogP) is 4.76. The van der Waals surface area contributed by atoms with Crippen molar-refractivity contribution in [1.82, 2.24) is 36.2 Å². The number of pyridine rings is 1. The number of anilines is 2. The minimum Gasteiger partial charge on any atom is -0.444 e. The standard InChI is InChI=1S/C38H47N9O5/c1-38(2,3)52-37(50)40-23-26-6-10-29(11-7-26)35(48)42-32(36(49)41-31-15-12-28(13-16-31)34-43-45-46-44-34)22-25-4-8-27(9-5-25)30-14-17-33(39-24-30)47-18-20-51-21-19-47/h4-5,8-9,12-17,24,26,29,32H,6-7,10-11,18-23H2,1-3H3,(H,40,50)(H,41,49)(H,42,48)(H,43,44,45,46). The number of tetrazole rings is 1. The Bertz CT molecular complexity index is 1760. The third-order valence-corrected chi connectivity index (χ3v) is 9.35. The van der Waals surface area contributed by atoms with Gasteiger partial charge in [0, 0.05) is 55.0 Å². The molecule has 2 aliphatic rings. The van der Waals surface area contributed by atoms with Crippen LogP contribution in [0.3, 0.4) is 0 Å². The second-order valence-corrected chi connectivity index (χ2v) is 14.4. The molecule has 0 spiro atoms. The Labute approximate surface area is 303 Å². The van der Waals surface area contributed by atoms with Gasteiger partial charge in [-0.05, 0) is 105 Å². The summed E-state index contributed by atoms with van der Waals surface area (Å²) in [5, 5.41) is 22.9. The number of rotatable bonds is 11. The highest BCUT2D eigenvalue weighted by Crippen LogP contribution is 2.29. The highest BCUT2D eigenvalue weighted by molar-refractivity contribution is 5.97. The summed E-state index contributed by atoms with van der Waals surface area (Å²) >= 11 is 0. The van der Waals surface area contributed by atoms with Crippen LogP contribution in [0.2, 0.25) is 0 Å². The second-order valence-electron chi connectivity index (χ2n) is 14.4. The first-order valence-electron chi connectivity index (χ1n) is 17.9. The number of carbonyl (C=O) groups excluding carboxylic acids is 3. The molecule has 4 aromatic rings. The second kappa shape index (κ2) is 16.8. The maximum Gasteiger partial charge on any atom is 0.407 e. The molecule has 2 aromatic heterocycles. The molecule has 2 fully saturated rings. The first-order valence-corrected chi connectivity index (χ1v) is 17.9. The van der Waals surface area contributed by atoms with Crippen LogP contribution in [-0.4, -0.2) is 88.0 Å². The van der Waals surface area contributed by atoms with Gasteiger partial charge in [0.1, 0.15) is 17.5 Å². The van der Waals surface area contributed by atoms with E-state index in [1.807, 2.05) is 57.3 Å². The van der Waals surface area contributed by atoms with E-state index in [1.54, 1.807) is 24.3 Å². The zero-order valence-corrected chi connectivity index (χ0v) is 29.9. The van der Waals surface area contributed by atoms with Crippen molar-refractivity contribution in [3.8, 4) is 22.5 Å². The van der Waals surface area contributed by atoms with Crippen LogP contribution in [0.1, 0.15) is 52.0 Å². The number of nitrogens with zero attached hydrogens (tertiary/aromatic N) is 5.